The minimum absolute atomic E-state index is 0.127. The number of pyridine rings is 1. The number of hydrogen-bond acceptors (Lipinski definition) is 7. The lowest BCUT2D eigenvalue weighted by molar-refractivity contribution is -0.139. The molecule has 2 aromatic rings. The molecule has 9 nitrogen and oxygen atoms in total. The highest BCUT2D eigenvalue weighted by Gasteiger charge is 2.34. The van der Waals surface area contributed by atoms with E-state index in [4.69, 9.17) is 10.5 Å². The molecule has 1 aliphatic heterocycles. The fourth-order valence-corrected chi connectivity index (χ4v) is 4.19. The number of piperidine rings is 1. The Morgan fingerprint density at radius 2 is 1.94 bits per heavy atom. The van der Waals surface area contributed by atoms with Crippen LogP contribution >= 0.6 is 0 Å². The van der Waals surface area contributed by atoms with Crippen molar-refractivity contribution in [2.45, 2.75) is 32.6 Å². The van der Waals surface area contributed by atoms with Crippen LogP contribution in [0.5, 0.6) is 0 Å². The van der Waals surface area contributed by atoms with Gasteiger partial charge in [0.1, 0.15) is 28.4 Å². The summed E-state index contributed by atoms with van der Waals surface area (Å²) < 4.78 is 46.4. The Morgan fingerprint density at radius 1 is 1.24 bits per heavy atom. The summed E-state index contributed by atoms with van der Waals surface area (Å²) in [6.07, 6.45) is -0.488. The second-order valence-electron chi connectivity index (χ2n) is 7.88. The van der Waals surface area contributed by atoms with Gasteiger partial charge >= 0.3 is 5.97 Å². The number of halogens is 2. The third kappa shape index (κ3) is 6.86. The third-order valence-electron chi connectivity index (χ3n) is 5.10. The number of anilines is 4. The van der Waals surface area contributed by atoms with Crippen molar-refractivity contribution in [2.24, 2.45) is 0 Å². The molecule has 0 saturated carbocycles. The average molecular weight is 496 g/mol. The number of nitrogen functional groups attached to an aromatic ring is 1. The van der Waals surface area contributed by atoms with Crippen LogP contribution in [0.1, 0.15) is 35.7 Å². The number of esters is 1. The van der Waals surface area contributed by atoms with Gasteiger partial charge in [0.05, 0.1) is 12.2 Å². The predicted molar refractivity (Wildman–Crippen MR) is 127 cm³/mol. The van der Waals surface area contributed by atoms with Crippen LogP contribution in [0.4, 0.5) is 31.8 Å². The summed E-state index contributed by atoms with van der Waals surface area (Å²) in [5, 5.41) is 2.69. The molecule has 1 aliphatic rings. The zero-order valence-corrected chi connectivity index (χ0v) is 19.7. The zero-order valence-electron chi connectivity index (χ0n) is 18.9. The van der Waals surface area contributed by atoms with Gasteiger partial charge in [-0.05, 0) is 49.7 Å². The van der Waals surface area contributed by atoms with Crippen LogP contribution in [0.2, 0.25) is 0 Å². The maximum Gasteiger partial charge on any atom is 0.320 e. The molecular weight excluding hydrogens is 468 g/mol. The number of nitrogens with one attached hydrogen (secondary N) is 2. The Kier molecular flexibility index (Phi) is 8.02. The van der Waals surface area contributed by atoms with E-state index in [1.807, 2.05) is 6.92 Å². The Hall–Kier alpha value is -3.28. The molecule has 1 atom stereocenters. The van der Waals surface area contributed by atoms with Crippen LogP contribution in [-0.2, 0) is 20.5 Å². The topological polar surface area (TPSA) is 127 Å². The van der Waals surface area contributed by atoms with Crippen LogP contribution in [0.15, 0.2) is 30.3 Å². The number of carbonyl (C=O) groups excluding carboxylic acids is 2. The molecule has 4 N–H and O–H groups in total. The van der Waals surface area contributed by atoms with Gasteiger partial charge in [0.2, 0.25) is 0 Å². The second-order valence-corrected chi connectivity index (χ2v) is 9.07. The van der Waals surface area contributed by atoms with Gasteiger partial charge in [0.15, 0.2) is 0 Å². The average Bonchev–Trinajstić information content (AvgIpc) is 2.73. The number of nitrogens with zero attached hydrogens (tertiary/aromatic N) is 2. The number of hydrogen-bond donors (Lipinski definition) is 3. The van der Waals surface area contributed by atoms with Crippen molar-refractivity contribution in [2.75, 3.05) is 46.1 Å². The van der Waals surface area contributed by atoms with E-state index < -0.39 is 28.8 Å². The first-order valence-corrected chi connectivity index (χ1v) is 12.0. The maximum absolute atomic E-state index is 13.5. The van der Waals surface area contributed by atoms with Gasteiger partial charge in [0, 0.05) is 37.3 Å². The van der Waals surface area contributed by atoms with Crippen molar-refractivity contribution >= 4 is 45.9 Å². The summed E-state index contributed by atoms with van der Waals surface area (Å²) in [5.74, 6) is -3.31. The normalized spacial score (nSPS) is 15.9. The van der Waals surface area contributed by atoms with Gasteiger partial charge in [-0.25, -0.2) is 18.0 Å². The van der Waals surface area contributed by atoms with Gasteiger partial charge in [-0.15, -0.1) is 0 Å². The fourth-order valence-electron chi connectivity index (χ4n) is 3.43. The second kappa shape index (κ2) is 10.8. The lowest BCUT2D eigenvalue weighted by atomic mass is 10.1. The number of carbonyl (C=O) groups is 2. The lowest BCUT2D eigenvalue weighted by Gasteiger charge is -2.32. The summed E-state index contributed by atoms with van der Waals surface area (Å²) >= 11 is 0. The highest BCUT2D eigenvalue weighted by Crippen LogP contribution is 2.30. The molecule has 184 valence electrons. The number of benzene rings is 1. The summed E-state index contributed by atoms with van der Waals surface area (Å²) in [5.41, 5.74) is 7.49. The van der Waals surface area contributed by atoms with E-state index in [1.54, 1.807) is 24.0 Å². The number of rotatable bonds is 8. The first-order valence-electron chi connectivity index (χ1n) is 10.7. The van der Waals surface area contributed by atoms with E-state index in [2.05, 4.69) is 15.0 Å². The largest absolute Gasteiger partial charge is 0.465 e. The third-order valence-corrected chi connectivity index (χ3v) is 6.06. The summed E-state index contributed by atoms with van der Waals surface area (Å²) in [6.45, 7) is 4.02. The smallest absolute Gasteiger partial charge is 0.320 e. The highest BCUT2D eigenvalue weighted by molar-refractivity contribution is 7.87. The Bertz CT molecular complexity index is 1090. The number of nitrogens with two attached hydrogens (primary N) is 1. The van der Waals surface area contributed by atoms with Crippen molar-refractivity contribution in [3.8, 4) is 0 Å². The van der Waals surface area contributed by atoms with E-state index in [1.165, 1.54) is 18.2 Å². The molecule has 1 saturated heterocycles. The molecule has 0 aliphatic carbocycles. The monoisotopic (exact) mass is 495 g/mol. The molecular formula is C22H27F2N5O4S. The van der Waals surface area contributed by atoms with E-state index in [9.17, 15) is 22.6 Å². The number of alkyl halides is 2. The van der Waals surface area contributed by atoms with Crippen LogP contribution in [0.25, 0.3) is 0 Å². The molecule has 0 bridgehead atoms. The summed E-state index contributed by atoms with van der Waals surface area (Å²) in [4.78, 5) is 30.4. The molecule has 0 radical (unpaired) electrons. The molecule has 1 aromatic heterocycles. The molecule has 1 aromatic carbocycles. The highest BCUT2D eigenvalue weighted by atomic mass is 32.2. The van der Waals surface area contributed by atoms with Crippen molar-refractivity contribution in [1.82, 2.24) is 4.98 Å². The van der Waals surface area contributed by atoms with Gasteiger partial charge < -0.3 is 25.4 Å². The first kappa shape index (κ1) is 25.3. The lowest BCUT2D eigenvalue weighted by Crippen LogP contribution is -2.39. The SMILES string of the molecule is CCOC(=O)CS(=O)Nc1ccc(C(=O)Nc2cc(C)cc(N3CCC(F)(F)CC3)n2)c(N)c1. The predicted octanol–water partition coefficient (Wildman–Crippen LogP) is 3.10. The van der Waals surface area contributed by atoms with Crippen molar-refractivity contribution in [1.29, 1.82) is 0 Å². The molecule has 0 spiro atoms. The van der Waals surface area contributed by atoms with Gasteiger partial charge in [-0.1, -0.05) is 0 Å². The number of aromatic nitrogens is 1. The molecule has 12 heteroatoms. The quantitative estimate of drug-likeness (QED) is 0.379. The summed E-state index contributed by atoms with van der Waals surface area (Å²) in [7, 11) is -1.71. The van der Waals surface area contributed by atoms with Crippen LogP contribution < -0.4 is 20.7 Å². The summed E-state index contributed by atoms with van der Waals surface area (Å²) in [6, 6.07) is 7.85. The van der Waals surface area contributed by atoms with Gasteiger partial charge in [-0.3, -0.25) is 9.59 Å². The Morgan fingerprint density at radius 3 is 2.59 bits per heavy atom. The maximum atomic E-state index is 13.5. The van der Waals surface area contributed by atoms with E-state index in [-0.39, 0.29) is 55.4 Å². The molecule has 34 heavy (non-hydrogen) atoms. The molecule has 1 unspecified atom stereocenters. The Balaban J connectivity index is 1.67. The molecule has 2 heterocycles. The van der Waals surface area contributed by atoms with Crippen molar-refractivity contribution in [3.63, 3.8) is 0 Å². The number of aryl methyl sites for hydroxylation is 1. The van der Waals surface area contributed by atoms with Crippen LogP contribution in [0, 0.1) is 6.92 Å². The fraction of sp³-hybridized carbons (Fsp3) is 0.409. The van der Waals surface area contributed by atoms with Gasteiger partial charge in [-0.2, -0.15) is 0 Å². The molecule has 1 amide bonds. The zero-order chi connectivity index (χ0) is 24.9. The van der Waals surface area contributed by atoms with E-state index in [0.717, 1.165) is 5.56 Å². The van der Waals surface area contributed by atoms with E-state index in [0.29, 0.717) is 11.5 Å². The van der Waals surface area contributed by atoms with Gasteiger partial charge in [0.25, 0.3) is 11.8 Å². The van der Waals surface area contributed by atoms with Crippen molar-refractivity contribution < 1.29 is 27.3 Å². The minimum atomic E-state index is -2.67. The van der Waals surface area contributed by atoms with Crippen molar-refractivity contribution in [3.05, 3.63) is 41.5 Å². The van der Waals surface area contributed by atoms with E-state index >= 15 is 0 Å². The molecule has 3 rings (SSSR count). The van der Waals surface area contributed by atoms with Crippen LogP contribution in [-0.4, -0.2) is 52.4 Å². The first-order chi connectivity index (χ1) is 16.1. The minimum Gasteiger partial charge on any atom is -0.465 e. The number of amides is 1. The van der Waals surface area contributed by atoms with Crippen LogP contribution in [0.3, 0.4) is 0 Å². The standard InChI is InChI=1S/C22H27F2N5O4S/c1-3-33-20(30)13-34(32)28-15-4-5-16(17(25)12-15)21(31)27-18-10-14(2)11-19(26-18)29-8-6-22(23,24)7-9-29/h4-5,10-12,28H,3,6-9,13,25H2,1-2H3,(H,26,27,31). The Labute approximate surface area is 198 Å². The number of ether oxygens (including phenoxy) is 1. The molecule has 1 fully saturated rings.